The third-order valence-electron chi connectivity index (χ3n) is 5.85. The number of aryl methyl sites for hydroxylation is 1. The fourth-order valence-corrected chi connectivity index (χ4v) is 4.00. The summed E-state index contributed by atoms with van der Waals surface area (Å²) in [7, 11) is 0. The molecule has 3 aromatic heterocycles. The second-order valence-corrected chi connectivity index (χ2v) is 8.20. The molecule has 0 aliphatic rings. The van der Waals surface area contributed by atoms with Crippen molar-refractivity contribution in [2.24, 2.45) is 0 Å². The van der Waals surface area contributed by atoms with Crippen molar-refractivity contribution in [3.63, 3.8) is 0 Å². The summed E-state index contributed by atoms with van der Waals surface area (Å²) < 4.78 is 0. The molecule has 164 valence electrons. The number of hydrogen-bond acceptors (Lipinski definition) is 5. The first-order valence-electron chi connectivity index (χ1n) is 11.2. The Morgan fingerprint density at radius 2 is 1.56 bits per heavy atom. The molecule has 0 bridgehead atoms. The molecule has 0 amide bonds. The van der Waals surface area contributed by atoms with E-state index in [2.05, 4.69) is 62.7 Å². The van der Waals surface area contributed by atoms with Crippen LogP contribution in [0, 0.1) is 18.3 Å². The molecule has 0 aliphatic carbocycles. The van der Waals surface area contributed by atoms with Crippen LogP contribution in [0.15, 0.2) is 91.4 Å². The Bertz CT molecular complexity index is 1480. The number of nitrogens with zero attached hydrogens (tertiary/aromatic N) is 4. The zero-order valence-electron chi connectivity index (χ0n) is 18.9. The number of nitriles is 1. The number of anilines is 1. The standard InChI is InChI=1S/C29H23N5/c1-20-16-25(11-14-31-20)23-6-2-21(3-7-23)10-13-32-29-27-19-34-28(17-26(27)12-15-33-29)24-8-4-22(18-30)5-9-24/h2-9,11-12,14-17,19H,10,13H2,1H3,(H,32,33). The fraction of sp³-hybridized carbons (Fsp3) is 0.103. The lowest BCUT2D eigenvalue weighted by atomic mass is 10.0. The summed E-state index contributed by atoms with van der Waals surface area (Å²) in [6.45, 7) is 2.78. The highest BCUT2D eigenvalue weighted by Gasteiger charge is 2.07. The van der Waals surface area contributed by atoms with Crippen LogP contribution in [-0.2, 0) is 6.42 Å². The van der Waals surface area contributed by atoms with Crippen LogP contribution in [0.2, 0.25) is 0 Å². The summed E-state index contributed by atoms with van der Waals surface area (Å²) in [4.78, 5) is 13.4. The summed E-state index contributed by atoms with van der Waals surface area (Å²) in [5.41, 5.74) is 7.17. The first-order valence-corrected chi connectivity index (χ1v) is 11.2. The van der Waals surface area contributed by atoms with Crippen LogP contribution in [0.3, 0.4) is 0 Å². The van der Waals surface area contributed by atoms with E-state index in [-0.39, 0.29) is 0 Å². The summed E-state index contributed by atoms with van der Waals surface area (Å²) >= 11 is 0. The predicted molar refractivity (Wildman–Crippen MR) is 136 cm³/mol. The van der Waals surface area contributed by atoms with E-state index in [1.165, 1.54) is 16.7 Å². The molecule has 0 spiro atoms. The van der Waals surface area contributed by atoms with Gasteiger partial charge in [-0.3, -0.25) is 9.97 Å². The minimum absolute atomic E-state index is 0.641. The average Bonchev–Trinajstić information content (AvgIpc) is 2.89. The monoisotopic (exact) mass is 441 g/mol. The van der Waals surface area contributed by atoms with Crippen molar-refractivity contribution in [1.82, 2.24) is 15.0 Å². The molecule has 0 saturated carbocycles. The zero-order valence-corrected chi connectivity index (χ0v) is 18.9. The summed E-state index contributed by atoms with van der Waals surface area (Å²) in [6, 6.07) is 26.5. The minimum atomic E-state index is 0.641. The molecule has 34 heavy (non-hydrogen) atoms. The fourth-order valence-electron chi connectivity index (χ4n) is 4.00. The van der Waals surface area contributed by atoms with E-state index in [1.807, 2.05) is 61.9 Å². The van der Waals surface area contributed by atoms with Crippen molar-refractivity contribution in [2.75, 3.05) is 11.9 Å². The van der Waals surface area contributed by atoms with Gasteiger partial charge in [0.25, 0.3) is 0 Å². The van der Waals surface area contributed by atoms with E-state index >= 15 is 0 Å². The molecule has 0 unspecified atom stereocenters. The Balaban J connectivity index is 1.27. The van der Waals surface area contributed by atoms with Gasteiger partial charge in [0.1, 0.15) is 5.82 Å². The summed E-state index contributed by atoms with van der Waals surface area (Å²) in [6.07, 6.45) is 6.43. The average molecular weight is 442 g/mol. The molecule has 5 aromatic rings. The Hall–Kier alpha value is -4.56. The maximum atomic E-state index is 9.00. The number of nitrogens with one attached hydrogen (secondary N) is 1. The molecule has 0 atom stereocenters. The Morgan fingerprint density at radius 1 is 0.794 bits per heavy atom. The second kappa shape index (κ2) is 9.51. The van der Waals surface area contributed by atoms with Gasteiger partial charge in [-0.1, -0.05) is 36.4 Å². The van der Waals surface area contributed by atoms with E-state index < -0.39 is 0 Å². The zero-order chi connectivity index (χ0) is 23.3. The van der Waals surface area contributed by atoms with Crippen molar-refractivity contribution >= 4 is 16.6 Å². The van der Waals surface area contributed by atoms with Crippen LogP contribution < -0.4 is 5.32 Å². The van der Waals surface area contributed by atoms with Crippen LogP contribution in [0.5, 0.6) is 0 Å². The van der Waals surface area contributed by atoms with Crippen molar-refractivity contribution in [2.45, 2.75) is 13.3 Å². The Labute approximate surface area is 198 Å². The van der Waals surface area contributed by atoms with Crippen molar-refractivity contribution in [3.8, 4) is 28.5 Å². The van der Waals surface area contributed by atoms with Crippen LogP contribution in [-0.4, -0.2) is 21.5 Å². The Morgan fingerprint density at radius 3 is 2.32 bits per heavy atom. The largest absolute Gasteiger partial charge is 0.369 e. The molecule has 5 rings (SSSR count). The predicted octanol–water partition coefficient (Wildman–Crippen LogP) is 6.19. The number of pyridine rings is 3. The molecule has 1 N–H and O–H groups in total. The lowest BCUT2D eigenvalue weighted by molar-refractivity contribution is 1.01. The third kappa shape index (κ3) is 4.62. The highest BCUT2D eigenvalue weighted by atomic mass is 15.0. The van der Waals surface area contributed by atoms with Crippen LogP contribution in [0.1, 0.15) is 16.8 Å². The second-order valence-electron chi connectivity index (χ2n) is 8.20. The van der Waals surface area contributed by atoms with E-state index in [9.17, 15) is 0 Å². The van der Waals surface area contributed by atoms with Crippen LogP contribution in [0.4, 0.5) is 5.82 Å². The number of aromatic nitrogens is 3. The molecule has 2 aromatic carbocycles. The number of rotatable bonds is 6. The Kier molecular flexibility index (Phi) is 5.96. The summed E-state index contributed by atoms with van der Waals surface area (Å²) in [5.74, 6) is 0.834. The third-order valence-corrected chi connectivity index (χ3v) is 5.85. The quantitative estimate of drug-likeness (QED) is 0.340. The molecule has 0 aliphatic heterocycles. The number of hydrogen-bond donors (Lipinski definition) is 1. The van der Waals surface area contributed by atoms with E-state index in [4.69, 9.17) is 5.26 Å². The molecule has 0 fully saturated rings. The van der Waals surface area contributed by atoms with E-state index in [0.29, 0.717) is 5.56 Å². The topological polar surface area (TPSA) is 74.5 Å². The smallest absolute Gasteiger partial charge is 0.135 e. The minimum Gasteiger partial charge on any atom is -0.369 e. The highest BCUT2D eigenvalue weighted by Crippen LogP contribution is 2.26. The van der Waals surface area contributed by atoms with Gasteiger partial charge in [0.15, 0.2) is 0 Å². The van der Waals surface area contributed by atoms with Crippen molar-refractivity contribution in [3.05, 3.63) is 108 Å². The first kappa shape index (κ1) is 21.3. The van der Waals surface area contributed by atoms with Crippen molar-refractivity contribution in [1.29, 1.82) is 5.26 Å². The first-order chi connectivity index (χ1) is 16.7. The molecule has 3 heterocycles. The van der Waals surface area contributed by atoms with Gasteiger partial charge < -0.3 is 5.32 Å². The van der Waals surface area contributed by atoms with Gasteiger partial charge in [-0.25, -0.2) is 4.98 Å². The lowest BCUT2D eigenvalue weighted by Crippen LogP contribution is -2.06. The van der Waals surface area contributed by atoms with Gasteiger partial charge in [0.2, 0.25) is 0 Å². The van der Waals surface area contributed by atoms with Gasteiger partial charge in [0.05, 0.1) is 17.3 Å². The van der Waals surface area contributed by atoms with Gasteiger partial charge in [-0.15, -0.1) is 0 Å². The van der Waals surface area contributed by atoms with Crippen molar-refractivity contribution < 1.29 is 0 Å². The molecule has 0 saturated heterocycles. The number of fused-ring (bicyclic) bond motifs is 1. The molecule has 0 radical (unpaired) electrons. The van der Waals surface area contributed by atoms with E-state index in [0.717, 1.165) is 46.5 Å². The lowest BCUT2D eigenvalue weighted by Gasteiger charge is -2.10. The van der Waals surface area contributed by atoms with Crippen LogP contribution in [0.25, 0.3) is 33.2 Å². The van der Waals surface area contributed by atoms with Gasteiger partial charge in [0, 0.05) is 41.8 Å². The van der Waals surface area contributed by atoms with Gasteiger partial charge in [-0.2, -0.15) is 5.26 Å². The SMILES string of the molecule is Cc1cc(-c2ccc(CCNc3nccc4cc(-c5ccc(C#N)cc5)ncc34)cc2)ccn1. The molecular formula is C29H23N5. The molecular weight excluding hydrogens is 418 g/mol. The summed E-state index contributed by atoms with van der Waals surface area (Å²) in [5, 5.41) is 14.5. The highest BCUT2D eigenvalue weighted by molar-refractivity contribution is 5.93. The normalized spacial score (nSPS) is 10.7. The number of benzene rings is 2. The van der Waals surface area contributed by atoms with Gasteiger partial charge >= 0.3 is 0 Å². The maximum Gasteiger partial charge on any atom is 0.135 e. The van der Waals surface area contributed by atoms with Gasteiger partial charge in [-0.05, 0) is 71.8 Å². The van der Waals surface area contributed by atoms with E-state index in [1.54, 1.807) is 0 Å². The molecule has 5 heteroatoms. The maximum absolute atomic E-state index is 9.00. The van der Waals surface area contributed by atoms with Crippen LogP contribution >= 0.6 is 0 Å². The molecule has 5 nitrogen and oxygen atoms in total.